The fraction of sp³-hybridized carbons (Fsp3) is 0.182. The molecule has 0 saturated carbocycles. The van der Waals surface area contributed by atoms with Gasteiger partial charge in [-0.05, 0) is 48.9 Å². The molecule has 132 valence electrons. The zero-order chi connectivity index (χ0) is 18.5. The van der Waals surface area contributed by atoms with Crippen molar-refractivity contribution in [3.05, 3.63) is 78.4 Å². The number of fused-ring (bicyclic) bond motifs is 1. The SMILES string of the molecule is CCN(C(=O)[C@@H](C)OC(=O)c1ccc2ccccc2c1)c1ccccc1. The molecule has 0 aliphatic carbocycles. The molecule has 0 aromatic heterocycles. The Hall–Kier alpha value is -3.14. The summed E-state index contributed by atoms with van der Waals surface area (Å²) in [6, 6.07) is 22.5. The summed E-state index contributed by atoms with van der Waals surface area (Å²) in [6.45, 7) is 4.00. The third-order valence-corrected chi connectivity index (χ3v) is 4.27. The van der Waals surface area contributed by atoms with E-state index >= 15 is 0 Å². The number of likely N-dealkylation sites (N-methyl/N-ethyl adjacent to an activating group) is 1. The number of para-hydroxylation sites is 1. The summed E-state index contributed by atoms with van der Waals surface area (Å²) in [4.78, 5) is 26.8. The Morgan fingerprint density at radius 3 is 2.27 bits per heavy atom. The van der Waals surface area contributed by atoms with E-state index in [0.717, 1.165) is 16.5 Å². The minimum atomic E-state index is -0.867. The van der Waals surface area contributed by atoms with Crippen LogP contribution in [0.25, 0.3) is 10.8 Å². The fourth-order valence-corrected chi connectivity index (χ4v) is 2.89. The minimum absolute atomic E-state index is 0.243. The second-order valence-corrected chi connectivity index (χ2v) is 6.03. The molecule has 0 radical (unpaired) electrons. The fourth-order valence-electron chi connectivity index (χ4n) is 2.89. The lowest BCUT2D eigenvalue weighted by Crippen LogP contribution is -2.40. The highest BCUT2D eigenvalue weighted by Gasteiger charge is 2.24. The average molecular weight is 347 g/mol. The summed E-state index contributed by atoms with van der Waals surface area (Å²) in [7, 11) is 0. The number of carbonyl (C=O) groups excluding carboxylic acids is 2. The molecule has 0 spiro atoms. The molecule has 1 atom stereocenters. The Labute approximate surface area is 153 Å². The monoisotopic (exact) mass is 347 g/mol. The van der Waals surface area contributed by atoms with E-state index in [1.54, 1.807) is 24.0 Å². The Morgan fingerprint density at radius 1 is 0.923 bits per heavy atom. The highest BCUT2D eigenvalue weighted by molar-refractivity contribution is 6.00. The lowest BCUT2D eigenvalue weighted by molar-refractivity contribution is -0.126. The molecular weight excluding hydrogens is 326 g/mol. The van der Waals surface area contributed by atoms with E-state index < -0.39 is 12.1 Å². The highest BCUT2D eigenvalue weighted by atomic mass is 16.5. The van der Waals surface area contributed by atoms with Gasteiger partial charge in [-0.3, -0.25) is 4.79 Å². The molecule has 3 aromatic carbocycles. The lowest BCUT2D eigenvalue weighted by atomic mass is 10.1. The second-order valence-electron chi connectivity index (χ2n) is 6.03. The third kappa shape index (κ3) is 3.75. The summed E-state index contributed by atoms with van der Waals surface area (Å²) >= 11 is 0. The first-order valence-electron chi connectivity index (χ1n) is 8.66. The van der Waals surface area contributed by atoms with Crippen LogP contribution in [0.5, 0.6) is 0 Å². The summed E-state index contributed by atoms with van der Waals surface area (Å²) in [5.41, 5.74) is 1.22. The van der Waals surface area contributed by atoms with Gasteiger partial charge < -0.3 is 9.64 Å². The maximum Gasteiger partial charge on any atom is 0.338 e. The summed E-state index contributed by atoms with van der Waals surface area (Å²) in [5, 5.41) is 2.01. The van der Waals surface area contributed by atoms with Gasteiger partial charge in [0.1, 0.15) is 0 Å². The van der Waals surface area contributed by atoms with Crippen LogP contribution in [-0.2, 0) is 9.53 Å². The van der Waals surface area contributed by atoms with Gasteiger partial charge in [0, 0.05) is 12.2 Å². The predicted molar refractivity (Wildman–Crippen MR) is 103 cm³/mol. The van der Waals surface area contributed by atoms with Crippen LogP contribution in [0.4, 0.5) is 5.69 Å². The number of hydrogen-bond donors (Lipinski definition) is 0. The van der Waals surface area contributed by atoms with Gasteiger partial charge in [-0.25, -0.2) is 4.79 Å². The Kier molecular flexibility index (Phi) is 5.32. The molecule has 0 saturated heterocycles. The van der Waals surface area contributed by atoms with Crippen LogP contribution in [0.1, 0.15) is 24.2 Å². The van der Waals surface area contributed by atoms with Crippen LogP contribution in [0.2, 0.25) is 0 Å². The quantitative estimate of drug-likeness (QED) is 0.641. The second kappa shape index (κ2) is 7.83. The molecule has 0 fully saturated rings. The van der Waals surface area contributed by atoms with Crippen LogP contribution >= 0.6 is 0 Å². The number of esters is 1. The number of ether oxygens (including phenoxy) is 1. The van der Waals surface area contributed by atoms with Gasteiger partial charge in [-0.1, -0.05) is 48.5 Å². The van der Waals surface area contributed by atoms with Gasteiger partial charge in [0.15, 0.2) is 6.10 Å². The molecule has 0 N–H and O–H groups in total. The number of benzene rings is 3. The van der Waals surface area contributed by atoms with Crippen LogP contribution in [0.15, 0.2) is 72.8 Å². The van der Waals surface area contributed by atoms with E-state index in [0.29, 0.717) is 12.1 Å². The minimum Gasteiger partial charge on any atom is -0.449 e. The van der Waals surface area contributed by atoms with Crippen LogP contribution < -0.4 is 4.90 Å². The van der Waals surface area contributed by atoms with E-state index in [2.05, 4.69) is 0 Å². The molecule has 0 heterocycles. The zero-order valence-electron chi connectivity index (χ0n) is 14.9. The van der Waals surface area contributed by atoms with E-state index in [9.17, 15) is 9.59 Å². The van der Waals surface area contributed by atoms with Crippen molar-refractivity contribution in [3.8, 4) is 0 Å². The Balaban J connectivity index is 1.74. The molecular formula is C22H21NO3. The number of nitrogens with zero attached hydrogens (tertiary/aromatic N) is 1. The van der Waals surface area contributed by atoms with Crippen molar-refractivity contribution in [1.29, 1.82) is 0 Å². The maximum absolute atomic E-state index is 12.7. The molecule has 3 aromatic rings. The zero-order valence-corrected chi connectivity index (χ0v) is 14.9. The summed E-state index contributed by atoms with van der Waals surface area (Å²) < 4.78 is 5.42. The van der Waals surface area contributed by atoms with Gasteiger partial charge >= 0.3 is 5.97 Å². The number of anilines is 1. The van der Waals surface area contributed by atoms with Gasteiger partial charge in [0.05, 0.1) is 5.56 Å². The third-order valence-electron chi connectivity index (χ3n) is 4.27. The Morgan fingerprint density at radius 2 is 1.58 bits per heavy atom. The molecule has 0 aliphatic heterocycles. The van der Waals surface area contributed by atoms with Crippen molar-refractivity contribution in [3.63, 3.8) is 0 Å². The number of rotatable bonds is 5. The van der Waals surface area contributed by atoms with Gasteiger partial charge in [-0.2, -0.15) is 0 Å². The first kappa shape index (κ1) is 17.7. The standard InChI is InChI=1S/C22H21NO3/c1-3-23(20-11-5-4-6-12-20)21(24)16(2)26-22(25)19-14-13-17-9-7-8-10-18(17)15-19/h4-16H,3H2,1-2H3/t16-/m1/s1. The molecule has 4 heteroatoms. The first-order chi connectivity index (χ1) is 12.6. The van der Waals surface area contributed by atoms with Crippen LogP contribution in [0, 0.1) is 0 Å². The van der Waals surface area contributed by atoms with Gasteiger partial charge in [-0.15, -0.1) is 0 Å². The maximum atomic E-state index is 12.7. The summed E-state index contributed by atoms with van der Waals surface area (Å²) in [6.07, 6.45) is -0.867. The molecule has 4 nitrogen and oxygen atoms in total. The van der Waals surface area contributed by atoms with E-state index in [1.165, 1.54) is 0 Å². The van der Waals surface area contributed by atoms with Crippen molar-refractivity contribution in [2.75, 3.05) is 11.4 Å². The van der Waals surface area contributed by atoms with E-state index in [1.807, 2.05) is 67.6 Å². The van der Waals surface area contributed by atoms with Crippen molar-refractivity contribution < 1.29 is 14.3 Å². The number of hydrogen-bond acceptors (Lipinski definition) is 3. The van der Waals surface area contributed by atoms with E-state index in [-0.39, 0.29) is 5.91 Å². The van der Waals surface area contributed by atoms with Crippen LogP contribution in [0.3, 0.4) is 0 Å². The average Bonchev–Trinajstić information content (AvgIpc) is 2.68. The van der Waals surface area contributed by atoms with Crippen molar-refractivity contribution in [2.24, 2.45) is 0 Å². The smallest absolute Gasteiger partial charge is 0.338 e. The molecule has 0 unspecified atom stereocenters. The topological polar surface area (TPSA) is 46.6 Å². The molecule has 1 amide bonds. The van der Waals surface area contributed by atoms with Crippen molar-refractivity contribution in [2.45, 2.75) is 20.0 Å². The van der Waals surface area contributed by atoms with Gasteiger partial charge in [0.25, 0.3) is 5.91 Å². The molecule has 0 bridgehead atoms. The lowest BCUT2D eigenvalue weighted by Gasteiger charge is -2.24. The summed E-state index contributed by atoms with van der Waals surface area (Å²) in [5.74, 6) is -0.742. The number of carbonyl (C=O) groups is 2. The number of amides is 1. The highest BCUT2D eigenvalue weighted by Crippen LogP contribution is 2.18. The molecule has 0 aliphatic rings. The van der Waals surface area contributed by atoms with E-state index in [4.69, 9.17) is 4.74 Å². The molecule has 26 heavy (non-hydrogen) atoms. The normalized spacial score (nSPS) is 11.8. The predicted octanol–water partition coefficient (Wildman–Crippen LogP) is 4.44. The van der Waals surface area contributed by atoms with Crippen molar-refractivity contribution >= 4 is 28.3 Å². The van der Waals surface area contributed by atoms with Crippen molar-refractivity contribution in [1.82, 2.24) is 0 Å². The Bertz CT molecular complexity index is 921. The van der Waals surface area contributed by atoms with Gasteiger partial charge in [0.2, 0.25) is 0 Å². The first-order valence-corrected chi connectivity index (χ1v) is 8.66. The van der Waals surface area contributed by atoms with Crippen LogP contribution in [-0.4, -0.2) is 24.5 Å². The molecule has 3 rings (SSSR count). The largest absolute Gasteiger partial charge is 0.449 e.